The largest absolute Gasteiger partial charge is 0.478 e. The molecule has 2 aromatic rings. The number of carbonyl (C=O) groups excluding carboxylic acids is 1. The molecule has 6 heteroatoms. The van der Waals surface area contributed by atoms with Gasteiger partial charge in [0.1, 0.15) is 0 Å². The Morgan fingerprint density at radius 3 is 2.74 bits per heavy atom. The van der Waals surface area contributed by atoms with Crippen molar-refractivity contribution in [2.24, 2.45) is 0 Å². The summed E-state index contributed by atoms with van der Waals surface area (Å²) >= 11 is 0. The van der Waals surface area contributed by atoms with Crippen LogP contribution < -0.4 is 5.32 Å². The molecule has 0 bridgehead atoms. The van der Waals surface area contributed by atoms with Gasteiger partial charge in [0.2, 0.25) is 0 Å². The average Bonchev–Trinajstić information content (AvgIpc) is 2.92. The highest BCUT2D eigenvalue weighted by atomic mass is 16.4. The average molecular weight is 259 g/mol. The smallest absolute Gasteiger partial charge is 0.335 e. The molecule has 0 aliphatic carbocycles. The number of nitrogens with one attached hydrogen (secondary N) is 1. The van der Waals surface area contributed by atoms with E-state index < -0.39 is 5.97 Å². The maximum absolute atomic E-state index is 11.8. The highest BCUT2D eigenvalue weighted by Crippen LogP contribution is 2.05. The van der Waals surface area contributed by atoms with Crippen molar-refractivity contribution in [2.75, 3.05) is 6.54 Å². The number of carboxylic acids is 1. The molecule has 6 nitrogen and oxygen atoms in total. The zero-order chi connectivity index (χ0) is 13.7. The van der Waals surface area contributed by atoms with Crippen molar-refractivity contribution >= 4 is 11.9 Å². The molecule has 0 aliphatic heterocycles. The Morgan fingerprint density at radius 1 is 1.26 bits per heavy atom. The molecule has 19 heavy (non-hydrogen) atoms. The molecule has 0 aliphatic rings. The molecule has 0 saturated carbocycles. The second-order valence-electron chi connectivity index (χ2n) is 3.91. The standard InChI is InChI=1S/C13H13N3O3/c17-12(14-6-8-16-7-2-5-15-16)10-3-1-4-11(9-10)13(18)19/h1-5,7,9H,6,8H2,(H,14,17)(H,18,19). The molecule has 0 spiro atoms. The molecular weight excluding hydrogens is 246 g/mol. The van der Waals surface area contributed by atoms with Crippen molar-refractivity contribution in [3.63, 3.8) is 0 Å². The van der Waals surface area contributed by atoms with Crippen LogP contribution >= 0.6 is 0 Å². The molecule has 1 aromatic heterocycles. The van der Waals surface area contributed by atoms with Crippen LogP contribution in [0.2, 0.25) is 0 Å². The molecule has 0 unspecified atom stereocenters. The number of carboxylic acid groups (broad SMARTS) is 1. The van der Waals surface area contributed by atoms with E-state index in [4.69, 9.17) is 5.11 Å². The maximum Gasteiger partial charge on any atom is 0.335 e. The lowest BCUT2D eigenvalue weighted by Gasteiger charge is -2.06. The topological polar surface area (TPSA) is 84.2 Å². The number of amides is 1. The first kappa shape index (κ1) is 12.8. The molecule has 2 N–H and O–H groups in total. The number of aromatic nitrogens is 2. The van der Waals surface area contributed by atoms with Gasteiger partial charge in [0.25, 0.3) is 5.91 Å². The summed E-state index contributed by atoms with van der Waals surface area (Å²) in [5, 5.41) is 15.6. The van der Waals surface area contributed by atoms with E-state index in [1.54, 1.807) is 35.3 Å². The predicted octanol–water partition coefficient (Wildman–Crippen LogP) is 1.01. The molecule has 0 radical (unpaired) electrons. The first-order valence-corrected chi connectivity index (χ1v) is 5.76. The lowest BCUT2D eigenvalue weighted by atomic mass is 10.1. The number of aromatic carboxylic acids is 1. The van der Waals surface area contributed by atoms with Crippen molar-refractivity contribution in [3.8, 4) is 0 Å². The number of rotatable bonds is 5. The summed E-state index contributed by atoms with van der Waals surface area (Å²) in [6.45, 7) is 0.995. The Balaban J connectivity index is 1.92. The fourth-order valence-corrected chi connectivity index (χ4v) is 1.61. The summed E-state index contributed by atoms with van der Waals surface area (Å²) in [5.41, 5.74) is 0.431. The minimum atomic E-state index is -1.05. The highest BCUT2D eigenvalue weighted by Gasteiger charge is 2.08. The van der Waals surface area contributed by atoms with Gasteiger partial charge < -0.3 is 10.4 Å². The zero-order valence-electron chi connectivity index (χ0n) is 10.1. The molecule has 0 fully saturated rings. The lowest BCUT2D eigenvalue weighted by molar-refractivity contribution is 0.0697. The third kappa shape index (κ3) is 3.41. The van der Waals surface area contributed by atoms with Gasteiger partial charge in [-0.25, -0.2) is 4.79 Å². The van der Waals surface area contributed by atoms with E-state index in [1.165, 1.54) is 12.1 Å². The third-order valence-corrected chi connectivity index (χ3v) is 2.56. The van der Waals surface area contributed by atoms with Crippen LogP contribution in [-0.2, 0) is 6.54 Å². The number of hydrogen-bond acceptors (Lipinski definition) is 3. The molecular formula is C13H13N3O3. The van der Waals surface area contributed by atoms with Gasteiger partial charge in [-0.15, -0.1) is 0 Å². The van der Waals surface area contributed by atoms with Crippen LogP contribution in [0.3, 0.4) is 0 Å². The fourth-order valence-electron chi connectivity index (χ4n) is 1.61. The fraction of sp³-hybridized carbons (Fsp3) is 0.154. The number of nitrogens with zero attached hydrogens (tertiary/aromatic N) is 2. The van der Waals surface area contributed by atoms with Gasteiger partial charge >= 0.3 is 5.97 Å². The summed E-state index contributed by atoms with van der Waals surface area (Å²) < 4.78 is 1.70. The van der Waals surface area contributed by atoms with Gasteiger partial charge in [0.05, 0.1) is 12.1 Å². The monoisotopic (exact) mass is 259 g/mol. The normalized spacial score (nSPS) is 10.1. The Hall–Kier alpha value is -2.63. The third-order valence-electron chi connectivity index (χ3n) is 2.56. The highest BCUT2D eigenvalue weighted by molar-refractivity contribution is 5.97. The van der Waals surface area contributed by atoms with E-state index in [9.17, 15) is 9.59 Å². The van der Waals surface area contributed by atoms with Gasteiger partial charge in [0, 0.05) is 24.5 Å². The minimum Gasteiger partial charge on any atom is -0.478 e. The van der Waals surface area contributed by atoms with Crippen LogP contribution in [0.25, 0.3) is 0 Å². The Morgan fingerprint density at radius 2 is 2.05 bits per heavy atom. The first-order chi connectivity index (χ1) is 9.16. The maximum atomic E-state index is 11.8. The van der Waals surface area contributed by atoms with Crippen molar-refractivity contribution < 1.29 is 14.7 Å². The zero-order valence-corrected chi connectivity index (χ0v) is 10.1. The van der Waals surface area contributed by atoms with Crippen molar-refractivity contribution in [2.45, 2.75) is 6.54 Å². The van der Waals surface area contributed by atoms with Crippen LogP contribution in [0.4, 0.5) is 0 Å². The van der Waals surface area contributed by atoms with Crippen LogP contribution in [-0.4, -0.2) is 33.3 Å². The van der Waals surface area contributed by atoms with Crippen molar-refractivity contribution in [1.29, 1.82) is 0 Å². The van der Waals surface area contributed by atoms with E-state index in [0.717, 1.165) is 0 Å². The van der Waals surface area contributed by atoms with E-state index in [-0.39, 0.29) is 11.5 Å². The summed E-state index contributed by atoms with van der Waals surface area (Å²) in [6, 6.07) is 7.73. The molecule has 0 atom stereocenters. The van der Waals surface area contributed by atoms with Crippen LogP contribution in [0.15, 0.2) is 42.7 Å². The van der Waals surface area contributed by atoms with Gasteiger partial charge in [-0.3, -0.25) is 9.48 Å². The van der Waals surface area contributed by atoms with E-state index in [1.807, 2.05) is 0 Å². The van der Waals surface area contributed by atoms with Crippen LogP contribution in [0, 0.1) is 0 Å². The number of benzene rings is 1. The van der Waals surface area contributed by atoms with Crippen molar-refractivity contribution in [3.05, 3.63) is 53.9 Å². The van der Waals surface area contributed by atoms with Crippen LogP contribution in [0.5, 0.6) is 0 Å². The number of carbonyl (C=O) groups is 2. The Kier molecular flexibility index (Phi) is 3.92. The second-order valence-corrected chi connectivity index (χ2v) is 3.91. The Labute approximate surface area is 109 Å². The summed E-state index contributed by atoms with van der Waals surface area (Å²) in [4.78, 5) is 22.6. The van der Waals surface area contributed by atoms with Gasteiger partial charge in [-0.05, 0) is 24.3 Å². The van der Waals surface area contributed by atoms with Crippen LogP contribution in [0.1, 0.15) is 20.7 Å². The number of hydrogen-bond donors (Lipinski definition) is 2. The quantitative estimate of drug-likeness (QED) is 0.839. The first-order valence-electron chi connectivity index (χ1n) is 5.76. The van der Waals surface area contributed by atoms with E-state index >= 15 is 0 Å². The van der Waals surface area contributed by atoms with Gasteiger partial charge in [-0.1, -0.05) is 6.07 Å². The predicted molar refractivity (Wildman–Crippen MR) is 68.0 cm³/mol. The molecule has 1 heterocycles. The van der Waals surface area contributed by atoms with E-state index in [2.05, 4.69) is 10.4 Å². The molecule has 98 valence electrons. The van der Waals surface area contributed by atoms with Gasteiger partial charge in [-0.2, -0.15) is 5.10 Å². The minimum absolute atomic E-state index is 0.0970. The SMILES string of the molecule is O=C(O)c1cccc(C(=O)NCCn2cccn2)c1. The molecule has 1 amide bonds. The Bertz CT molecular complexity index is 579. The summed E-state index contributed by atoms with van der Waals surface area (Å²) in [6.07, 6.45) is 3.47. The molecule has 2 rings (SSSR count). The lowest BCUT2D eigenvalue weighted by Crippen LogP contribution is -2.27. The van der Waals surface area contributed by atoms with E-state index in [0.29, 0.717) is 18.7 Å². The summed E-state index contributed by atoms with van der Waals surface area (Å²) in [7, 11) is 0. The van der Waals surface area contributed by atoms with Crippen molar-refractivity contribution in [1.82, 2.24) is 15.1 Å². The molecule has 0 saturated heterocycles. The molecule has 1 aromatic carbocycles. The summed E-state index contributed by atoms with van der Waals surface area (Å²) in [5.74, 6) is -1.35. The van der Waals surface area contributed by atoms with Gasteiger partial charge in [0.15, 0.2) is 0 Å². The second kappa shape index (κ2) is 5.81.